The van der Waals surface area contributed by atoms with Gasteiger partial charge < -0.3 is 5.11 Å². The first kappa shape index (κ1) is 9.37. The third kappa shape index (κ3) is 1.15. The van der Waals surface area contributed by atoms with Crippen molar-refractivity contribution in [1.29, 1.82) is 0 Å². The highest BCUT2D eigenvalue weighted by atomic mass is 79.9. The lowest BCUT2D eigenvalue weighted by molar-refractivity contribution is -0.0184. The summed E-state index contributed by atoms with van der Waals surface area (Å²) in [5.41, 5.74) is 0.622. The van der Waals surface area contributed by atoms with Crippen LogP contribution in [0.5, 0.6) is 0 Å². The molecule has 2 saturated carbocycles. The second-order valence-electron chi connectivity index (χ2n) is 4.64. The van der Waals surface area contributed by atoms with Gasteiger partial charge in [0.25, 0.3) is 0 Å². The summed E-state index contributed by atoms with van der Waals surface area (Å²) in [6.45, 7) is 0. The molecule has 0 aromatic carbocycles. The lowest BCUT2D eigenvalue weighted by atomic mass is 9.80. The minimum atomic E-state index is -0.512. The topological polar surface area (TPSA) is 20.2 Å². The molecule has 0 amide bonds. The van der Waals surface area contributed by atoms with Gasteiger partial charge in [0, 0.05) is 15.4 Å². The zero-order chi connectivity index (χ0) is 9.76. The molecule has 0 aliphatic heterocycles. The van der Waals surface area contributed by atoms with Crippen LogP contribution in [0.4, 0.5) is 0 Å². The fourth-order valence-corrected chi connectivity index (χ4v) is 4.94. The van der Waals surface area contributed by atoms with Crippen molar-refractivity contribution in [3.05, 3.63) is 20.8 Å². The Labute approximate surface area is 96.3 Å². The molecule has 2 aliphatic carbocycles. The molecule has 3 atom stereocenters. The second-order valence-corrected chi connectivity index (χ2v) is 6.24. The molecule has 2 bridgehead atoms. The quantitative estimate of drug-likeness (QED) is 0.830. The van der Waals surface area contributed by atoms with E-state index in [9.17, 15) is 5.11 Å². The summed E-state index contributed by atoms with van der Waals surface area (Å²) in [7, 11) is 0. The Bertz CT molecular complexity index is 362. The van der Waals surface area contributed by atoms with Gasteiger partial charge in [-0.3, -0.25) is 0 Å². The molecule has 1 aromatic rings. The first-order valence-corrected chi connectivity index (χ1v) is 6.88. The molecule has 2 fully saturated rings. The molecule has 14 heavy (non-hydrogen) atoms. The Morgan fingerprint density at radius 2 is 2.29 bits per heavy atom. The summed E-state index contributed by atoms with van der Waals surface area (Å²) in [6.07, 6.45) is 4.75. The van der Waals surface area contributed by atoms with E-state index in [1.165, 1.54) is 19.3 Å². The van der Waals surface area contributed by atoms with E-state index < -0.39 is 5.60 Å². The van der Waals surface area contributed by atoms with Gasteiger partial charge in [0.1, 0.15) is 0 Å². The van der Waals surface area contributed by atoms with Crippen molar-refractivity contribution in [3.63, 3.8) is 0 Å². The van der Waals surface area contributed by atoms with Crippen LogP contribution in [0.1, 0.15) is 31.2 Å². The van der Waals surface area contributed by atoms with Crippen molar-refractivity contribution < 1.29 is 5.11 Å². The van der Waals surface area contributed by atoms with E-state index in [0.29, 0.717) is 5.92 Å². The maximum atomic E-state index is 10.7. The van der Waals surface area contributed by atoms with Gasteiger partial charge in [0.15, 0.2) is 0 Å². The Kier molecular flexibility index (Phi) is 2.05. The summed E-state index contributed by atoms with van der Waals surface area (Å²) < 4.78 is 1.09. The number of fused-ring (bicyclic) bond motifs is 2. The van der Waals surface area contributed by atoms with Crippen LogP contribution in [0.2, 0.25) is 0 Å². The molecule has 3 rings (SSSR count). The smallest absolute Gasteiger partial charge is 0.0946 e. The number of hydrogen-bond acceptors (Lipinski definition) is 2. The predicted molar refractivity (Wildman–Crippen MR) is 61.4 cm³/mol. The lowest BCUT2D eigenvalue weighted by Gasteiger charge is -2.32. The fourth-order valence-electron chi connectivity index (χ4n) is 3.22. The minimum absolute atomic E-state index is 0.512. The normalized spacial score (nSPS) is 40.7. The molecular formula is C11H13BrOS. The Morgan fingerprint density at radius 3 is 2.79 bits per heavy atom. The van der Waals surface area contributed by atoms with Gasteiger partial charge in [0.05, 0.1) is 5.60 Å². The third-order valence-electron chi connectivity index (χ3n) is 3.90. The lowest BCUT2D eigenvalue weighted by Crippen LogP contribution is -2.31. The highest BCUT2D eigenvalue weighted by Crippen LogP contribution is 2.56. The van der Waals surface area contributed by atoms with Crippen molar-refractivity contribution in [1.82, 2.24) is 0 Å². The van der Waals surface area contributed by atoms with Crippen LogP contribution in [0, 0.1) is 11.8 Å². The van der Waals surface area contributed by atoms with E-state index in [1.54, 1.807) is 11.3 Å². The predicted octanol–water partition coefficient (Wildman–Crippen LogP) is 3.52. The van der Waals surface area contributed by atoms with E-state index in [-0.39, 0.29) is 0 Å². The number of thiophene rings is 1. The van der Waals surface area contributed by atoms with Gasteiger partial charge in [-0.2, -0.15) is 11.3 Å². The van der Waals surface area contributed by atoms with Crippen LogP contribution in [-0.2, 0) is 5.60 Å². The molecule has 0 saturated heterocycles. The summed E-state index contributed by atoms with van der Waals surface area (Å²) in [4.78, 5) is 0. The fraction of sp³-hybridized carbons (Fsp3) is 0.636. The van der Waals surface area contributed by atoms with Crippen LogP contribution in [0.15, 0.2) is 15.2 Å². The molecule has 2 aliphatic rings. The molecule has 1 aromatic heterocycles. The zero-order valence-corrected chi connectivity index (χ0v) is 10.3. The monoisotopic (exact) mass is 272 g/mol. The van der Waals surface area contributed by atoms with Crippen molar-refractivity contribution in [3.8, 4) is 0 Å². The molecule has 76 valence electrons. The third-order valence-corrected chi connectivity index (χ3v) is 5.60. The van der Waals surface area contributed by atoms with Crippen molar-refractivity contribution in [2.45, 2.75) is 31.3 Å². The Morgan fingerprint density at radius 1 is 1.43 bits per heavy atom. The SMILES string of the molecule is OC1(c2cscc2Br)CC2CCC1C2. The molecule has 1 heterocycles. The number of halogens is 1. The van der Waals surface area contributed by atoms with Crippen molar-refractivity contribution in [2.75, 3.05) is 0 Å². The second kappa shape index (κ2) is 3.06. The van der Waals surface area contributed by atoms with Crippen LogP contribution in [-0.4, -0.2) is 5.11 Å². The molecule has 1 nitrogen and oxygen atoms in total. The maximum Gasteiger partial charge on any atom is 0.0946 e. The summed E-state index contributed by atoms with van der Waals surface area (Å²) in [6, 6.07) is 0. The highest BCUT2D eigenvalue weighted by Gasteiger charge is 2.51. The van der Waals surface area contributed by atoms with E-state index in [4.69, 9.17) is 0 Å². The van der Waals surface area contributed by atoms with Crippen LogP contribution < -0.4 is 0 Å². The number of hydrogen-bond donors (Lipinski definition) is 1. The first-order valence-electron chi connectivity index (χ1n) is 5.14. The standard InChI is InChI=1S/C11H13BrOS/c12-10-6-14-5-9(10)11(13)4-7-1-2-8(11)3-7/h5-8,13H,1-4H2. The van der Waals surface area contributed by atoms with E-state index in [0.717, 1.165) is 22.4 Å². The van der Waals surface area contributed by atoms with Gasteiger partial charge in [-0.05, 0) is 58.8 Å². The van der Waals surface area contributed by atoms with E-state index in [2.05, 4.69) is 26.7 Å². The van der Waals surface area contributed by atoms with Gasteiger partial charge in [-0.1, -0.05) is 0 Å². The maximum absolute atomic E-state index is 10.7. The minimum Gasteiger partial charge on any atom is -0.385 e. The first-order chi connectivity index (χ1) is 6.70. The molecule has 3 heteroatoms. The van der Waals surface area contributed by atoms with Crippen molar-refractivity contribution in [2.24, 2.45) is 11.8 Å². The van der Waals surface area contributed by atoms with Gasteiger partial charge in [-0.25, -0.2) is 0 Å². The van der Waals surface area contributed by atoms with Crippen LogP contribution in [0.25, 0.3) is 0 Å². The van der Waals surface area contributed by atoms with Crippen LogP contribution >= 0.6 is 27.3 Å². The van der Waals surface area contributed by atoms with Gasteiger partial charge >= 0.3 is 0 Å². The van der Waals surface area contributed by atoms with Crippen molar-refractivity contribution >= 4 is 27.3 Å². The van der Waals surface area contributed by atoms with Crippen LogP contribution in [0.3, 0.4) is 0 Å². The largest absolute Gasteiger partial charge is 0.385 e. The zero-order valence-electron chi connectivity index (χ0n) is 7.87. The average Bonchev–Trinajstić information content (AvgIpc) is 2.78. The van der Waals surface area contributed by atoms with Gasteiger partial charge in [-0.15, -0.1) is 0 Å². The Balaban J connectivity index is 2.02. The molecule has 3 unspecified atom stereocenters. The summed E-state index contributed by atoms with van der Waals surface area (Å²) in [5, 5.41) is 14.9. The molecular weight excluding hydrogens is 260 g/mol. The summed E-state index contributed by atoms with van der Waals surface area (Å²) in [5.74, 6) is 1.29. The molecule has 0 spiro atoms. The highest BCUT2D eigenvalue weighted by molar-refractivity contribution is 9.10. The summed E-state index contributed by atoms with van der Waals surface area (Å²) >= 11 is 5.21. The van der Waals surface area contributed by atoms with E-state index in [1.807, 2.05) is 0 Å². The Hall–Kier alpha value is 0.140. The van der Waals surface area contributed by atoms with Gasteiger partial charge in [0.2, 0.25) is 0 Å². The average molecular weight is 273 g/mol. The number of aliphatic hydroxyl groups is 1. The molecule has 0 radical (unpaired) electrons. The molecule has 1 N–H and O–H groups in total. The van der Waals surface area contributed by atoms with E-state index >= 15 is 0 Å². The number of rotatable bonds is 1.